The van der Waals surface area contributed by atoms with E-state index in [9.17, 15) is 4.79 Å². The Morgan fingerprint density at radius 2 is 2.17 bits per heavy atom. The highest BCUT2D eigenvalue weighted by atomic mass is 16.5. The third-order valence-corrected chi connectivity index (χ3v) is 5.14. The SMILES string of the molecule is CC1(C)CCCC(C2=C[C@H]3COC(=O)[C@H]3CC2)C1. The zero-order chi connectivity index (χ0) is 12.8. The van der Waals surface area contributed by atoms with Crippen LogP contribution < -0.4 is 0 Å². The van der Waals surface area contributed by atoms with Gasteiger partial charge in [0, 0.05) is 5.92 Å². The van der Waals surface area contributed by atoms with E-state index in [1.54, 1.807) is 5.57 Å². The first-order valence-electron chi connectivity index (χ1n) is 7.42. The number of hydrogen-bond donors (Lipinski definition) is 0. The van der Waals surface area contributed by atoms with Crippen LogP contribution in [0.25, 0.3) is 0 Å². The standard InChI is InChI=1S/C16H24O2/c1-16(2)7-3-4-12(9-16)11-5-6-14-13(8-11)10-18-15(14)17/h8,12-14H,3-7,9-10H2,1-2H3/t12?,13-,14-/m0/s1. The molecule has 0 spiro atoms. The van der Waals surface area contributed by atoms with Gasteiger partial charge < -0.3 is 4.74 Å². The van der Waals surface area contributed by atoms with Crippen LogP contribution in [0.5, 0.6) is 0 Å². The number of carbonyl (C=O) groups excluding carboxylic acids is 1. The lowest BCUT2D eigenvalue weighted by atomic mass is 9.67. The Kier molecular flexibility index (Phi) is 2.99. The molecule has 3 rings (SSSR count). The molecule has 0 bridgehead atoms. The van der Waals surface area contributed by atoms with E-state index in [0.29, 0.717) is 17.9 Å². The minimum Gasteiger partial charge on any atom is -0.465 e. The predicted molar refractivity (Wildman–Crippen MR) is 71.0 cm³/mol. The van der Waals surface area contributed by atoms with Crippen molar-refractivity contribution >= 4 is 5.97 Å². The molecule has 1 saturated carbocycles. The highest BCUT2D eigenvalue weighted by Crippen LogP contribution is 2.45. The van der Waals surface area contributed by atoms with E-state index in [2.05, 4.69) is 19.9 Å². The van der Waals surface area contributed by atoms with Gasteiger partial charge in [-0.05, 0) is 43.4 Å². The molecular weight excluding hydrogens is 224 g/mol. The summed E-state index contributed by atoms with van der Waals surface area (Å²) >= 11 is 0. The number of allylic oxidation sites excluding steroid dienone is 1. The average Bonchev–Trinajstić information content (AvgIpc) is 2.69. The van der Waals surface area contributed by atoms with Gasteiger partial charge in [0.2, 0.25) is 0 Å². The zero-order valence-electron chi connectivity index (χ0n) is 11.6. The van der Waals surface area contributed by atoms with Crippen molar-refractivity contribution < 1.29 is 9.53 Å². The summed E-state index contributed by atoms with van der Waals surface area (Å²) in [6.07, 6.45) is 9.93. The van der Waals surface area contributed by atoms with Crippen LogP contribution in [0.4, 0.5) is 0 Å². The molecule has 1 saturated heterocycles. The van der Waals surface area contributed by atoms with Crippen molar-refractivity contribution in [1.29, 1.82) is 0 Å². The minimum atomic E-state index is 0.0410. The number of hydrogen-bond acceptors (Lipinski definition) is 2. The summed E-state index contributed by atoms with van der Waals surface area (Å²) in [5.41, 5.74) is 2.13. The monoisotopic (exact) mass is 248 g/mol. The maximum Gasteiger partial charge on any atom is 0.309 e. The maximum absolute atomic E-state index is 11.5. The molecule has 1 unspecified atom stereocenters. The van der Waals surface area contributed by atoms with Gasteiger partial charge in [0.05, 0.1) is 12.5 Å². The van der Waals surface area contributed by atoms with Crippen LogP contribution in [-0.2, 0) is 9.53 Å². The lowest BCUT2D eigenvalue weighted by Gasteiger charge is -2.38. The van der Waals surface area contributed by atoms with Crippen LogP contribution in [0, 0.1) is 23.2 Å². The molecule has 100 valence electrons. The second-order valence-electron chi connectivity index (χ2n) is 7.14. The lowest BCUT2D eigenvalue weighted by molar-refractivity contribution is -0.141. The molecule has 2 fully saturated rings. The molecule has 2 heteroatoms. The van der Waals surface area contributed by atoms with Gasteiger partial charge >= 0.3 is 5.97 Å². The second kappa shape index (κ2) is 4.40. The first-order valence-corrected chi connectivity index (χ1v) is 7.42. The van der Waals surface area contributed by atoms with Crippen LogP contribution in [0.3, 0.4) is 0 Å². The Bertz CT molecular complexity index is 381. The second-order valence-corrected chi connectivity index (χ2v) is 7.14. The van der Waals surface area contributed by atoms with Crippen LogP contribution in [0.1, 0.15) is 52.4 Å². The van der Waals surface area contributed by atoms with Crippen LogP contribution in [-0.4, -0.2) is 12.6 Å². The van der Waals surface area contributed by atoms with Gasteiger partial charge in [0.1, 0.15) is 0 Å². The molecular formula is C16H24O2. The number of ether oxygens (including phenoxy) is 1. The number of rotatable bonds is 1. The molecule has 1 aliphatic heterocycles. The summed E-state index contributed by atoms with van der Waals surface area (Å²) < 4.78 is 5.19. The summed E-state index contributed by atoms with van der Waals surface area (Å²) in [6.45, 7) is 5.42. The van der Waals surface area contributed by atoms with Crippen LogP contribution in [0.15, 0.2) is 11.6 Å². The predicted octanol–water partition coefficient (Wildman–Crippen LogP) is 3.71. The normalized spacial score (nSPS) is 38.9. The molecule has 0 N–H and O–H groups in total. The summed E-state index contributed by atoms with van der Waals surface area (Å²) in [5, 5.41) is 0. The van der Waals surface area contributed by atoms with E-state index in [-0.39, 0.29) is 11.9 Å². The lowest BCUT2D eigenvalue weighted by Crippen LogP contribution is -2.27. The topological polar surface area (TPSA) is 26.3 Å². The first kappa shape index (κ1) is 12.3. The van der Waals surface area contributed by atoms with Gasteiger partial charge in [-0.1, -0.05) is 31.9 Å². The third-order valence-electron chi connectivity index (χ3n) is 5.14. The van der Waals surface area contributed by atoms with Crippen molar-refractivity contribution in [2.24, 2.45) is 23.2 Å². The summed E-state index contributed by atoms with van der Waals surface area (Å²) in [5.74, 6) is 1.36. The Balaban J connectivity index is 1.73. The summed E-state index contributed by atoms with van der Waals surface area (Å²) in [4.78, 5) is 11.5. The largest absolute Gasteiger partial charge is 0.465 e. The van der Waals surface area contributed by atoms with Crippen molar-refractivity contribution in [2.45, 2.75) is 52.4 Å². The molecule has 0 amide bonds. The van der Waals surface area contributed by atoms with Gasteiger partial charge in [0.25, 0.3) is 0 Å². The van der Waals surface area contributed by atoms with Crippen LogP contribution in [0.2, 0.25) is 0 Å². The van der Waals surface area contributed by atoms with Gasteiger partial charge in [-0.3, -0.25) is 4.79 Å². The molecule has 0 aromatic rings. The fraction of sp³-hybridized carbons (Fsp3) is 0.812. The highest BCUT2D eigenvalue weighted by molar-refractivity contribution is 5.75. The van der Waals surface area contributed by atoms with Gasteiger partial charge in [-0.2, -0.15) is 0 Å². The first-order chi connectivity index (χ1) is 8.55. The summed E-state index contributed by atoms with van der Waals surface area (Å²) in [6, 6.07) is 0. The van der Waals surface area contributed by atoms with Crippen molar-refractivity contribution in [3.8, 4) is 0 Å². The molecule has 2 aliphatic carbocycles. The van der Waals surface area contributed by atoms with E-state index < -0.39 is 0 Å². The van der Waals surface area contributed by atoms with Gasteiger partial charge in [-0.25, -0.2) is 0 Å². The van der Waals surface area contributed by atoms with Gasteiger partial charge in [-0.15, -0.1) is 0 Å². The highest BCUT2D eigenvalue weighted by Gasteiger charge is 2.40. The summed E-state index contributed by atoms with van der Waals surface area (Å²) in [7, 11) is 0. The van der Waals surface area contributed by atoms with E-state index >= 15 is 0 Å². The third kappa shape index (κ3) is 2.22. The number of carbonyl (C=O) groups is 1. The molecule has 1 heterocycles. The molecule has 2 nitrogen and oxygen atoms in total. The van der Waals surface area contributed by atoms with Crippen molar-refractivity contribution in [3.05, 3.63) is 11.6 Å². The van der Waals surface area contributed by atoms with Crippen molar-refractivity contribution in [3.63, 3.8) is 0 Å². The fourth-order valence-electron chi connectivity index (χ4n) is 4.11. The van der Waals surface area contributed by atoms with Crippen molar-refractivity contribution in [2.75, 3.05) is 6.61 Å². The number of fused-ring (bicyclic) bond motifs is 1. The van der Waals surface area contributed by atoms with E-state index in [4.69, 9.17) is 4.74 Å². The molecule has 3 atom stereocenters. The number of esters is 1. The Morgan fingerprint density at radius 3 is 2.94 bits per heavy atom. The molecule has 18 heavy (non-hydrogen) atoms. The molecule has 3 aliphatic rings. The maximum atomic E-state index is 11.5. The van der Waals surface area contributed by atoms with E-state index in [1.807, 2.05) is 0 Å². The Labute approximate surface area is 110 Å². The Morgan fingerprint density at radius 1 is 1.33 bits per heavy atom. The van der Waals surface area contributed by atoms with E-state index in [1.165, 1.54) is 25.7 Å². The zero-order valence-corrected chi connectivity index (χ0v) is 11.6. The Hall–Kier alpha value is -0.790. The average molecular weight is 248 g/mol. The molecule has 0 aromatic heterocycles. The number of cyclic esters (lactones) is 1. The smallest absolute Gasteiger partial charge is 0.309 e. The quantitative estimate of drug-likeness (QED) is 0.522. The fourth-order valence-corrected chi connectivity index (χ4v) is 4.11. The minimum absolute atomic E-state index is 0.0410. The van der Waals surface area contributed by atoms with E-state index in [0.717, 1.165) is 18.8 Å². The van der Waals surface area contributed by atoms with Crippen molar-refractivity contribution in [1.82, 2.24) is 0 Å². The van der Waals surface area contributed by atoms with Crippen LogP contribution >= 0.6 is 0 Å². The molecule has 0 radical (unpaired) electrons. The molecule has 0 aromatic carbocycles. The van der Waals surface area contributed by atoms with Gasteiger partial charge in [0.15, 0.2) is 0 Å².